The predicted molar refractivity (Wildman–Crippen MR) is 79.8 cm³/mol. The van der Waals surface area contributed by atoms with Crippen molar-refractivity contribution >= 4 is 40.5 Å². The first-order valence-corrected chi connectivity index (χ1v) is 7.26. The first kappa shape index (κ1) is 13.7. The monoisotopic (exact) mass is 313 g/mol. The summed E-state index contributed by atoms with van der Waals surface area (Å²) >= 11 is 12.1. The quantitative estimate of drug-likeness (QED) is 0.792. The third-order valence-electron chi connectivity index (χ3n) is 3.60. The van der Waals surface area contributed by atoms with Gasteiger partial charge in [-0.3, -0.25) is 9.80 Å². The van der Waals surface area contributed by atoms with Gasteiger partial charge in [-0.15, -0.1) is 0 Å². The van der Waals surface area contributed by atoms with Gasteiger partial charge in [-0.05, 0) is 12.1 Å². The molecule has 0 radical (unpaired) electrons. The van der Waals surface area contributed by atoms with Crippen molar-refractivity contribution in [2.75, 3.05) is 38.5 Å². The number of nitrogens with one attached hydrogen (secondary N) is 2. The lowest BCUT2D eigenvalue weighted by atomic mass is 10.1. The van der Waals surface area contributed by atoms with E-state index < -0.39 is 0 Å². The second-order valence-electron chi connectivity index (χ2n) is 5.12. The number of rotatable bonds is 1. The lowest BCUT2D eigenvalue weighted by Crippen LogP contribution is -3.11. The Morgan fingerprint density at radius 1 is 1.30 bits per heavy atom. The Balaban J connectivity index is 1.94. The number of piperazine rings is 1. The maximum atomic E-state index is 12.1. The van der Waals surface area contributed by atoms with E-state index in [4.69, 9.17) is 23.2 Å². The molecule has 5 nitrogen and oxygen atoms in total. The zero-order valence-corrected chi connectivity index (χ0v) is 12.6. The SMILES string of the molecule is C[NH+]1CCN(/N=C2\C(=O)Nc3c(Cl)cc(Cl)cc32)CC1. The number of hydrazone groups is 1. The van der Waals surface area contributed by atoms with Crippen molar-refractivity contribution in [3.05, 3.63) is 27.7 Å². The van der Waals surface area contributed by atoms with E-state index in [1.54, 1.807) is 12.1 Å². The lowest BCUT2D eigenvalue weighted by molar-refractivity contribution is -0.884. The number of anilines is 1. The summed E-state index contributed by atoms with van der Waals surface area (Å²) in [7, 11) is 2.15. The topological polar surface area (TPSA) is 49.1 Å². The normalized spacial score (nSPS) is 21.2. The molecule has 1 aromatic carbocycles. The van der Waals surface area contributed by atoms with E-state index in [0.29, 0.717) is 27.0 Å². The van der Waals surface area contributed by atoms with E-state index >= 15 is 0 Å². The van der Waals surface area contributed by atoms with Crippen molar-refractivity contribution in [3.8, 4) is 0 Å². The van der Waals surface area contributed by atoms with Crippen LogP contribution in [0.15, 0.2) is 17.2 Å². The van der Waals surface area contributed by atoms with Crippen molar-refractivity contribution in [3.63, 3.8) is 0 Å². The molecule has 20 heavy (non-hydrogen) atoms. The van der Waals surface area contributed by atoms with Gasteiger partial charge < -0.3 is 10.2 Å². The molecule has 0 unspecified atom stereocenters. The largest absolute Gasteiger partial charge is 0.334 e. The fourth-order valence-corrected chi connectivity index (χ4v) is 2.94. The molecule has 1 fully saturated rings. The summed E-state index contributed by atoms with van der Waals surface area (Å²) in [6.45, 7) is 3.71. The van der Waals surface area contributed by atoms with Crippen molar-refractivity contribution in [2.24, 2.45) is 5.10 Å². The number of hydrogen-bond donors (Lipinski definition) is 2. The summed E-state index contributed by atoms with van der Waals surface area (Å²) in [5.74, 6) is -0.226. The van der Waals surface area contributed by atoms with E-state index in [1.165, 1.54) is 4.90 Å². The van der Waals surface area contributed by atoms with Crippen LogP contribution in [0.3, 0.4) is 0 Å². The average Bonchev–Trinajstić information content (AvgIpc) is 2.70. The summed E-state index contributed by atoms with van der Waals surface area (Å²) in [5.41, 5.74) is 1.67. The fraction of sp³-hybridized carbons (Fsp3) is 0.385. The molecule has 0 bridgehead atoms. The number of hydrogen-bond acceptors (Lipinski definition) is 3. The minimum absolute atomic E-state index is 0.226. The van der Waals surface area contributed by atoms with Crippen LogP contribution in [0.1, 0.15) is 5.56 Å². The summed E-state index contributed by atoms with van der Waals surface area (Å²) in [4.78, 5) is 13.5. The van der Waals surface area contributed by atoms with Crippen LogP contribution in [-0.2, 0) is 4.79 Å². The zero-order chi connectivity index (χ0) is 14.3. The number of carbonyl (C=O) groups excluding carboxylic acids is 1. The smallest absolute Gasteiger partial charge is 0.276 e. The van der Waals surface area contributed by atoms with Crippen molar-refractivity contribution in [2.45, 2.75) is 0 Å². The highest BCUT2D eigenvalue weighted by atomic mass is 35.5. The van der Waals surface area contributed by atoms with Crippen LogP contribution in [0.5, 0.6) is 0 Å². The summed E-state index contributed by atoms with van der Waals surface area (Å²) < 4.78 is 0. The minimum atomic E-state index is -0.226. The molecule has 0 atom stereocenters. The Morgan fingerprint density at radius 3 is 2.70 bits per heavy atom. The van der Waals surface area contributed by atoms with Gasteiger partial charge in [0.15, 0.2) is 5.71 Å². The predicted octanol–water partition coefficient (Wildman–Crippen LogP) is 0.480. The first-order valence-electron chi connectivity index (χ1n) is 6.50. The molecule has 1 saturated heterocycles. The molecule has 1 amide bonds. The van der Waals surface area contributed by atoms with Crippen molar-refractivity contribution in [1.29, 1.82) is 0 Å². The lowest BCUT2D eigenvalue weighted by Gasteiger charge is -2.28. The molecule has 0 aliphatic carbocycles. The van der Waals surface area contributed by atoms with E-state index in [9.17, 15) is 4.79 Å². The maximum Gasteiger partial charge on any atom is 0.276 e. The average molecular weight is 314 g/mol. The van der Waals surface area contributed by atoms with Crippen LogP contribution < -0.4 is 10.2 Å². The van der Waals surface area contributed by atoms with Gasteiger partial charge in [0, 0.05) is 10.6 Å². The zero-order valence-electron chi connectivity index (χ0n) is 11.0. The van der Waals surface area contributed by atoms with E-state index in [1.807, 2.05) is 5.01 Å². The Kier molecular flexibility index (Phi) is 3.58. The molecular formula is C13H15Cl2N4O+. The van der Waals surface area contributed by atoms with Gasteiger partial charge in [0.05, 0.1) is 43.9 Å². The van der Waals surface area contributed by atoms with Crippen molar-refractivity contribution in [1.82, 2.24) is 5.01 Å². The van der Waals surface area contributed by atoms with Gasteiger partial charge in [0.2, 0.25) is 0 Å². The first-order chi connectivity index (χ1) is 9.54. The molecule has 2 aliphatic heterocycles. The highest BCUT2D eigenvalue weighted by Gasteiger charge is 2.30. The standard InChI is InChI=1S/C13H14Cl2N4O/c1-18-2-4-19(5-3-18)17-12-9-6-8(14)7-10(15)11(9)16-13(12)20/h6-7H,2-5H2,1H3,(H,16,17,20)/p+1. The molecule has 3 rings (SSSR count). The molecule has 2 heterocycles. The van der Waals surface area contributed by atoms with Crippen LogP contribution in [0, 0.1) is 0 Å². The summed E-state index contributed by atoms with van der Waals surface area (Å²) in [6.07, 6.45) is 0. The third-order valence-corrected chi connectivity index (χ3v) is 4.11. The molecular weight excluding hydrogens is 299 g/mol. The molecule has 2 aliphatic rings. The second-order valence-corrected chi connectivity index (χ2v) is 5.97. The third kappa shape index (κ3) is 2.49. The molecule has 106 valence electrons. The Bertz CT molecular complexity index is 594. The van der Waals surface area contributed by atoms with E-state index in [0.717, 1.165) is 26.2 Å². The summed E-state index contributed by atoms with van der Waals surface area (Å²) in [5, 5.41) is 10.1. The van der Waals surface area contributed by atoms with Gasteiger partial charge in [-0.2, -0.15) is 5.10 Å². The second kappa shape index (κ2) is 5.24. The van der Waals surface area contributed by atoms with Crippen LogP contribution in [0.25, 0.3) is 0 Å². The minimum Gasteiger partial charge on any atom is -0.334 e. The van der Waals surface area contributed by atoms with Crippen molar-refractivity contribution < 1.29 is 9.69 Å². The molecule has 1 aromatic rings. The number of fused-ring (bicyclic) bond motifs is 1. The fourth-order valence-electron chi connectivity index (χ4n) is 2.40. The maximum absolute atomic E-state index is 12.1. The van der Waals surface area contributed by atoms with Crippen LogP contribution in [-0.4, -0.2) is 49.9 Å². The van der Waals surface area contributed by atoms with Crippen LogP contribution >= 0.6 is 23.2 Å². The van der Waals surface area contributed by atoms with Crippen LogP contribution in [0.4, 0.5) is 5.69 Å². The Morgan fingerprint density at radius 2 is 2.00 bits per heavy atom. The number of likely N-dealkylation sites (N-methyl/N-ethyl adjacent to an activating group) is 1. The van der Waals surface area contributed by atoms with Gasteiger partial charge >= 0.3 is 0 Å². The van der Waals surface area contributed by atoms with Gasteiger partial charge in [-0.25, -0.2) is 0 Å². The number of quaternary nitrogens is 1. The molecule has 0 aromatic heterocycles. The number of carbonyl (C=O) groups is 1. The van der Waals surface area contributed by atoms with Gasteiger partial charge in [0.25, 0.3) is 5.91 Å². The number of nitrogens with zero attached hydrogens (tertiary/aromatic N) is 2. The molecule has 0 spiro atoms. The van der Waals surface area contributed by atoms with E-state index in [2.05, 4.69) is 17.5 Å². The Hall–Kier alpha value is -1.30. The highest BCUT2D eigenvalue weighted by Crippen LogP contribution is 2.34. The number of benzene rings is 1. The Labute approximate surface area is 127 Å². The van der Waals surface area contributed by atoms with Gasteiger partial charge in [-0.1, -0.05) is 23.2 Å². The van der Waals surface area contributed by atoms with Gasteiger partial charge in [0.1, 0.15) is 0 Å². The van der Waals surface area contributed by atoms with Crippen LogP contribution in [0.2, 0.25) is 10.0 Å². The molecule has 0 saturated carbocycles. The molecule has 7 heteroatoms. The number of halogens is 2. The van der Waals surface area contributed by atoms with E-state index in [-0.39, 0.29) is 5.91 Å². The number of amides is 1. The highest BCUT2D eigenvalue weighted by molar-refractivity contribution is 6.56. The molecule has 2 N–H and O–H groups in total. The summed E-state index contributed by atoms with van der Waals surface area (Å²) in [6, 6.07) is 3.34.